The Balaban J connectivity index is 1.94. The maximum atomic E-state index is 12.2. The highest BCUT2D eigenvalue weighted by Gasteiger charge is 2.07. The normalized spacial score (nSPS) is 10.3. The number of nitrogens with one attached hydrogen (secondary N) is 1. The SMILES string of the molecule is CCCCc1ccc(C(=O)NCc2ccccc2OC)cc1. The molecule has 0 aliphatic carbocycles. The van der Waals surface area contributed by atoms with Gasteiger partial charge in [-0.3, -0.25) is 4.79 Å². The Labute approximate surface area is 132 Å². The van der Waals surface area contributed by atoms with Crippen LogP contribution in [0.4, 0.5) is 0 Å². The van der Waals surface area contributed by atoms with Crippen LogP contribution < -0.4 is 10.1 Å². The molecule has 0 spiro atoms. The summed E-state index contributed by atoms with van der Waals surface area (Å²) < 4.78 is 5.29. The van der Waals surface area contributed by atoms with Crippen molar-refractivity contribution in [2.75, 3.05) is 7.11 Å². The van der Waals surface area contributed by atoms with Crippen molar-refractivity contribution in [2.24, 2.45) is 0 Å². The third-order valence-electron chi connectivity index (χ3n) is 3.67. The molecule has 0 unspecified atom stereocenters. The molecule has 0 aliphatic heterocycles. The van der Waals surface area contributed by atoms with Crippen molar-refractivity contribution in [3.8, 4) is 5.75 Å². The molecule has 2 aromatic rings. The summed E-state index contributed by atoms with van der Waals surface area (Å²) in [6.07, 6.45) is 3.43. The second-order valence-corrected chi connectivity index (χ2v) is 5.30. The summed E-state index contributed by atoms with van der Waals surface area (Å²) in [5.41, 5.74) is 2.94. The van der Waals surface area contributed by atoms with Gasteiger partial charge in [0.1, 0.15) is 5.75 Å². The van der Waals surface area contributed by atoms with Gasteiger partial charge in [-0.1, -0.05) is 43.7 Å². The Bertz CT molecular complexity index is 605. The number of amides is 1. The number of para-hydroxylation sites is 1. The standard InChI is InChI=1S/C19H23NO2/c1-3-4-7-15-10-12-16(13-11-15)19(21)20-14-17-8-5-6-9-18(17)22-2/h5-6,8-13H,3-4,7,14H2,1-2H3,(H,20,21). The minimum atomic E-state index is -0.0621. The highest BCUT2D eigenvalue weighted by Crippen LogP contribution is 2.17. The maximum absolute atomic E-state index is 12.2. The van der Waals surface area contributed by atoms with Crippen molar-refractivity contribution in [3.63, 3.8) is 0 Å². The van der Waals surface area contributed by atoms with Crippen LogP contribution in [-0.2, 0) is 13.0 Å². The first-order chi connectivity index (χ1) is 10.7. The summed E-state index contributed by atoms with van der Waals surface area (Å²) in [5, 5.41) is 2.93. The van der Waals surface area contributed by atoms with Gasteiger partial charge in [0.05, 0.1) is 7.11 Å². The number of hydrogen-bond donors (Lipinski definition) is 1. The summed E-state index contributed by atoms with van der Waals surface area (Å²) in [5.74, 6) is 0.727. The minimum absolute atomic E-state index is 0.0621. The molecule has 0 heterocycles. The van der Waals surface area contributed by atoms with Crippen molar-refractivity contribution < 1.29 is 9.53 Å². The molecule has 1 N–H and O–H groups in total. The lowest BCUT2D eigenvalue weighted by Gasteiger charge is -2.10. The first-order valence-corrected chi connectivity index (χ1v) is 7.73. The average molecular weight is 297 g/mol. The molecule has 2 aromatic carbocycles. The molecule has 0 bridgehead atoms. The molecule has 0 atom stereocenters. The van der Waals surface area contributed by atoms with Crippen molar-refractivity contribution in [1.82, 2.24) is 5.32 Å². The quantitative estimate of drug-likeness (QED) is 0.840. The van der Waals surface area contributed by atoms with Gasteiger partial charge in [-0.2, -0.15) is 0 Å². The smallest absolute Gasteiger partial charge is 0.251 e. The Morgan fingerprint density at radius 1 is 1.09 bits per heavy atom. The zero-order valence-electron chi connectivity index (χ0n) is 13.3. The van der Waals surface area contributed by atoms with E-state index in [0.29, 0.717) is 12.1 Å². The first-order valence-electron chi connectivity index (χ1n) is 7.73. The van der Waals surface area contributed by atoms with Crippen LogP contribution in [-0.4, -0.2) is 13.0 Å². The van der Waals surface area contributed by atoms with Gasteiger partial charge in [0, 0.05) is 17.7 Å². The Morgan fingerprint density at radius 2 is 1.82 bits per heavy atom. The lowest BCUT2D eigenvalue weighted by Crippen LogP contribution is -2.23. The van der Waals surface area contributed by atoms with Crippen molar-refractivity contribution in [1.29, 1.82) is 0 Å². The summed E-state index contributed by atoms with van der Waals surface area (Å²) in [6.45, 7) is 2.64. The number of benzene rings is 2. The van der Waals surface area contributed by atoms with Gasteiger partial charge in [0.25, 0.3) is 5.91 Å². The molecular weight excluding hydrogens is 274 g/mol. The zero-order chi connectivity index (χ0) is 15.8. The lowest BCUT2D eigenvalue weighted by molar-refractivity contribution is 0.0950. The highest BCUT2D eigenvalue weighted by atomic mass is 16.5. The number of rotatable bonds is 7. The molecule has 3 nitrogen and oxygen atoms in total. The number of carbonyl (C=O) groups is 1. The molecule has 3 heteroatoms. The Kier molecular flexibility index (Phi) is 6.01. The number of unbranched alkanes of at least 4 members (excludes halogenated alkanes) is 1. The van der Waals surface area contributed by atoms with Crippen molar-refractivity contribution in [2.45, 2.75) is 32.7 Å². The number of ether oxygens (including phenoxy) is 1. The van der Waals surface area contributed by atoms with E-state index in [1.807, 2.05) is 48.5 Å². The Hall–Kier alpha value is -2.29. The van der Waals surface area contributed by atoms with Crippen molar-refractivity contribution in [3.05, 3.63) is 65.2 Å². The molecule has 0 fully saturated rings. The van der Waals surface area contributed by atoms with Crippen LogP contribution in [0.5, 0.6) is 5.75 Å². The number of aryl methyl sites for hydroxylation is 1. The monoisotopic (exact) mass is 297 g/mol. The van der Waals surface area contributed by atoms with Crippen LogP contribution in [0.15, 0.2) is 48.5 Å². The molecule has 1 amide bonds. The molecular formula is C19H23NO2. The van der Waals surface area contributed by atoms with Gasteiger partial charge >= 0.3 is 0 Å². The molecule has 0 radical (unpaired) electrons. The molecule has 0 saturated heterocycles. The van der Waals surface area contributed by atoms with Gasteiger partial charge in [-0.25, -0.2) is 0 Å². The van der Waals surface area contributed by atoms with E-state index in [-0.39, 0.29) is 5.91 Å². The largest absolute Gasteiger partial charge is 0.496 e. The molecule has 0 aliphatic rings. The van der Waals surface area contributed by atoms with E-state index in [4.69, 9.17) is 4.74 Å². The van der Waals surface area contributed by atoms with Crippen LogP contribution in [0.2, 0.25) is 0 Å². The topological polar surface area (TPSA) is 38.3 Å². The predicted octanol–water partition coefficient (Wildman–Crippen LogP) is 3.97. The van der Waals surface area contributed by atoms with Gasteiger partial charge in [-0.15, -0.1) is 0 Å². The van der Waals surface area contributed by atoms with Crippen LogP contribution in [0, 0.1) is 0 Å². The van der Waals surface area contributed by atoms with Crippen LogP contribution in [0.1, 0.15) is 41.3 Å². The predicted molar refractivity (Wildman–Crippen MR) is 89.2 cm³/mol. The fourth-order valence-corrected chi connectivity index (χ4v) is 2.33. The number of hydrogen-bond acceptors (Lipinski definition) is 2. The second-order valence-electron chi connectivity index (χ2n) is 5.30. The van der Waals surface area contributed by atoms with E-state index in [0.717, 1.165) is 17.7 Å². The van der Waals surface area contributed by atoms with Gasteiger partial charge in [0.2, 0.25) is 0 Å². The van der Waals surface area contributed by atoms with E-state index in [9.17, 15) is 4.79 Å². The third-order valence-corrected chi connectivity index (χ3v) is 3.67. The molecule has 0 saturated carbocycles. The molecule has 2 rings (SSSR count). The van der Waals surface area contributed by atoms with E-state index in [1.165, 1.54) is 18.4 Å². The first kappa shape index (κ1) is 16.1. The van der Waals surface area contributed by atoms with Gasteiger partial charge < -0.3 is 10.1 Å². The number of carbonyl (C=O) groups excluding carboxylic acids is 1. The summed E-state index contributed by atoms with van der Waals surface area (Å²) >= 11 is 0. The van der Waals surface area contributed by atoms with Gasteiger partial charge in [-0.05, 0) is 36.6 Å². The summed E-state index contributed by atoms with van der Waals surface area (Å²) in [6, 6.07) is 15.6. The van der Waals surface area contributed by atoms with Crippen LogP contribution in [0.25, 0.3) is 0 Å². The fourth-order valence-electron chi connectivity index (χ4n) is 2.33. The van der Waals surface area contributed by atoms with E-state index < -0.39 is 0 Å². The van der Waals surface area contributed by atoms with E-state index in [1.54, 1.807) is 7.11 Å². The summed E-state index contributed by atoms with van der Waals surface area (Å²) in [7, 11) is 1.63. The number of methoxy groups -OCH3 is 1. The van der Waals surface area contributed by atoms with E-state index in [2.05, 4.69) is 12.2 Å². The lowest BCUT2D eigenvalue weighted by atomic mass is 10.1. The zero-order valence-corrected chi connectivity index (χ0v) is 13.3. The molecule has 0 aromatic heterocycles. The van der Waals surface area contributed by atoms with Gasteiger partial charge in [0.15, 0.2) is 0 Å². The molecule has 116 valence electrons. The third kappa shape index (κ3) is 4.35. The molecule has 22 heavy (non-hydrogen) atoms. The minimum Gasteiger partial charge on any atom is -0.496 e. The average Bonchev–Trinajstić information content (AvgIpc) is 2.58. The van der Waals surface area contributed by atoms with Crippen LogP contribution in [0.3, 0.4) is 0 Å². The summed E-state index contributed by atoms with van der Waals surface area (Å²) in [4.78, 5) is 12.2. The second kappa shape index (κ2) is 8.23. The van der Waals surface area contributed by atoms with Crippen LogP contribution >= 0.6 is 0 Å². The maximum Gasteiger partial charge on any atom is 0.251 e. The van der Waals surface area contributed by atoms with E-state index >= 15 is 0 Å². The van der Waals surface area contributed by atoms with Crippen molar-refractivity contribution >= 4 is 5.91 Å². The Morgan fingerprint density at radius 3 is 2.50 bits per heavy atom. The fraction of sp³-hybridized carbons (Fsp3) is 0.316. The highest BCUT2D eigenvalue weighted by molar-refractivity contribution is 5.94.